The van der Waals surface area contributed by atoms with Crippen molar-refractivity contribution >= 4 is 23.1 Å². The van der Waals surface area contributed by atoms with Gasteiger partial charge in [0.05, 0.1) is 17.2 Å². The van der Waals surface area contributed by atoms with E-state index in [4.69, 9.17) is 9.68 Å². The Labute approximate surface area is 191 Å². The van der Waals surface area contributed by atoms with E-state index < -0.39 is 17.7 Å². The molecule has 164 valence electrons. The second-order valence-electron chi connectivity index (χ2n) is 8.47. The average molecular weight is 438 g/mol. The molecule has 6 heteroatoms. The van der Waals surface area contributed by atoms with Crippen LogP contribution in [-0.4, -0.2) is 16.8 Å². The molecule has 1 aliphatic carbocycles. The summed E-state index contributed by atoms with van der Waals surface area (Å²) in [5, 5.41) is 20.4. The topological polar surface area (TPSA) is 94.5 Å². The Balaban J connectivity index is 1.67. The van der Waals surface area contributed by atoms with Crippen LogP contribution in [0.3, 0.4) is 0 Å². The van der Waals surface area contributed by atoms with Gasteiger partial charge in [0.2, 0.25) is 0 Å². The number of furan rings is 1. The van der Waals surface area contributed by atoms with Crippen molar-refractivity contribution in [2.24, 2.45) is 0 Å². The maximum atomic E-state index is 13.2. The summed E-state index contributed by atoms with van der Waals surface area (Å²) in [5.74, 6) is -0.719. The highest BCUT2D eigenvalue weighted by Gasteiger charge is 2.48. The number of rotatable bonds is 3. The van der Waals surface area contributed by atoms with E-state index in [9.17, 15) is 14.7 Å². The second-order valence-corrected chi connectivity index (χ2v) is 8.47. The highest BCUT2D eigenvalue weighted by atomic mass is 16.3. The predicted molar refractivity (Wildman–Crippen MR) is 122 cm³/mol. The van der Waals surface area contributed by atoms with Gasteiger partial charge in [-0.3, -0.25) is 14.5 Å². The molecule has 0 spiro atoms. The van der Waals surface area contributed by atoms with Crippen LogP contribution in [0.2, 0.25) is 0 Å². The summed E-state index contributed by atoms with van der Waals surface area (Å²) in [7, 11) is 0. The molecule has 1 aliphatic heterocycles. The molecule has 1 N–H and O–H groups in total. The van der Waals surface area contributed by atoms with Gasteiger partial charge in [-0.15, -0.1) is 0 Å². The van der Waals surface area contributed by atoms with Gasteiger partial charge in [0.1, 0.15) is 23.3 Å². The van der Waals surface area contributed by atoms with Crippen molar-refractivity contribution < 1.29 is 19.1 Å². The van der Waals surface area contributed by atoms with Crippen LogP contribution in [0, 0.1) is 18.3 Å². The third-order valence-corrected chi connectivity index (χ3v) is 6.37. The predicted octanol–water partition coefficient (Wildman–Crippen LogP) is 4.96. The van der Waals surface area contributed by atoms with Crippen LogP contribution in [0.15, 0.2) is 64.6 Å². The Hall–Kier alpha value is -4.11. The van der Waals surface area contributed by atoms with Crippen molar-refractivity contribution in [3.63, 3.8) is 0 Å². The normalized spacial score (nSPS) is 19.4. The van der Waals surface area contributed by atoms with Crippen LogP contribution in [0.25, 0.3) is 5.76 Å². The number of amides is 1. The molecule has 6 nitrogen and oxygen atoms in total. The van der Waals surface area contributed by atoms with E-state index in [1.165, 1.54) is 10.5 Å². The lowest BCUT2D eigenvalue weighted by Gasteiger charge is -2.23. The Kier molecular flexibility index (Phi) is 5.10. The highest BCUT2D eigenvalue weighted by Crippen LogP contribution is 2.43. The number of aliphatic hydroxyl groups excluding tert-OH is 1. The largest absolute Gasteiger partial charge is 0.507 e. The van der Waals surface area contributed by atoms with Crippen molar-refractivity contribution in [2.75, 3.05) is 4.90 Å². The van der Waals surface area contributed by atoms with Crippen molar-refractivity contribution in [2.45, 2.75) is 38.6 Å². The van der Waals surface area contributed by atoms with Crippen molar-refractivity contribution in [1.82, 2.24) is 0 Å². The summed E-state index contributed by atoms with van der Waals surface area (Å²) in [6.07, 6.45) is 4.17. The van der Waals surface area contributed by atoms with E-state index >= 15 is 0 Å². The number of ketones is 1. The van der Waals surface area contributed by atoms with Crippen LogP contribution in [0.1, 0.15) is 52.7 Å². The number of Topliss-reactive ketones (excluding diaryl/α,β-unsaturated/α-hetero) is 1. The van der Waals surface area contributed by atoms with Crippen molar-refractivity contribution in [3.05, 3.63) is 93.9 Å². The van der Waals surface area contributed by atoms with E-state index in [2.05, 4.69) is 0 Å². The zero-order chi connectivity index (χ0) is 23.1. The van der Waals surface area contributed by atoms with E-state index in [0.717, 1.165) is 31.2 Å². The molecule has 1 atom stereocenters. The number of nitrogens with zero attached hydrogens (tertiary/aromatic N) is 2. The first-order valence-electron chi connectivity index (χ1n) is 11.0. The van der Waals surface area contributed by atoms with Gasteiger partial charge in [-0.1, -0.05) is 12.1 Å². The summed E-state index contributed by atoms with van der Waals surface area (Å²) < 4.78 is 5.82. The highest BCUT2D eigenvalue weighted by molar-refractivity contribution is 6.51. The molecule has 5 rings (SSSR count). The SMILES string of the molecule is Cc1ccc(C2/C(=C(/O)c3ccc4c(c3)CCCC4)C(=O)C(=O)N2c2ccc(C#N)cc2)o1. The van der Waals surface area contributed by atoms with E-state index in [0.29, 0.717) is 28.3 Å². The quantitative estimate of drug-likeness (QED) is 0.354. The minimum atomic E-state index is -0.914. The molecule has 0 bridgehead atoms. The van der Waals surface area contributed by atoms with Crippen LogP contribution in [-0.2, 0) is 22.4 Å². The maximum Gasteiger partial charge on any atom is 0.300 e. The van der Waals surface area contributed by atoms with Gasteiger partial charge >= 0.3 is 0 Å². The summed E-state index contributed by atoms with van der Waals surface area (Å²) in [6.45, 7) is 1.78. The summed E-state index contributed by atoms with van der Waals surface area (Å²) in [6, 6.07) is 16.7. The molecule has 2 aliphatic rings. The van der Waals surface area contributed by atoms with Gasteiger partial charge in [0.25, 0.3) is 11.7 Å². The molecule has 33 heavy (non-hydrogen) atoms. The lowest BCUT2D eigenvalue weighted by atomic mass is 9.89. The van der Waals surface area contributed by atoms with Gasteiger partial charge in [0.15, 0.2) is 0 Å². The van der Waals surface area contributed by atoms with E-state index in [1.807, 2.05) is 18.2 Å². The number of carbonyl (C=O) groups is 2. The van der Waals surface area contributed by atoms with Gasteiger partial charge < -0.3 is 9.52 Å². The first-order valence-corrected chi connectivity index (χ1v) is 11.0. The van der Waals surface area contributed by atoms with Gasteiger partial charge in [-0.25, -0.2) is 0 Å². The first-order chi connectivity index (χ1) is 16.0. The molecule has 2 heterocycles. The lowest BCUT2D eigenvalue weighted by Crippen LogP contribution is -2.29. The third-order valence-electron chi connectivity index (χ3n) is 6.37. The van der Waals surface area contributed by atoms with Crippen molar-refractivity contribution in [3.8, 4) is 6.07 Å². The number of aryl methyl sites for hydroxylation is 3. The molecular formula is C27H22N2O4. The molecule has 1 unspecified atom stereocenters. The molecule has 3 aromatic rings. The number of carbonyl (C=O) groups excluding carboxylic acids is 2. The molecule has 2 aromatic carbocycles. The minimum Gasteiger partial charge on any atom is -0.507 e. The minimum absolute atomic E-state index is 0.00512. The van der Waals surface area contributed by atoms with Gasteiger partial charge in [-0.2, -0.15) is 5.26 Å². The molecule has 0 saturated carbocycles. The molecule has 1 amide bonds. The van der Waals surface area contributed by atoms with Crippen LogP contribution < -0.4 is 4.90 Å². The number of hydrogen-bond acceptors (Lipinski definition) is 5. The van der Waals surface area contributed by atoms with Crippen molar-refractivity contribution in [1.29, 1.82) is 5.26 Å². The molecule has 0 radical (unpaired) electrons. The Morgan fingerprint density at radius 3 is 2.42 bits per heavy atom. The van der Waals surface area contributed by atoms with Crippen LogP contribution >= 0.6 is 0 Å². The first kappa shape index (κ1) is 20.8. The monoisotopic (exact) mass is 438 g/mol. The summed E-state index contributed by atoms with van der Waals surface area (Å²) in [5.41, 5.74) is 3.82. The number of fused-ring (bicyclic) bond motifs is 1. The fourth-order valence-corrected chi connectivity index (χ4v) is 4.70. The maximum absolute atomic E-state index is 13.2. The summed E-state index contributed by atoms with van der Waals surface area (Å²) >= 11 is 0. The van der Waals surface area contributed by atoms with E-state index in [-0.39, 0.29) is 11.3 Å². The van der Waals surface area contributed by atoms with Crippen LogP contribution in [0.4, 0.5) is 5.69 Å². The second kappa shape index (κ2) is 8.10. The number of anilines is 1. The zero-order valence-corrected chi connectivity index (χ0v) is 18.2. The Morgan fingerprint density at radius 1 is 1.03 bits per heavy atom. The molecule has 1 saturated heterocycles. The molecule has 1 fully saturated rings. The summed E-state index contributed by atoms with van der Waals surface area (Å²) in [4.78, 5) is 27.7. The van der Waals surface area contributed by atoms with Gasteiger partial charge in [-0.05, 0) is 86.2 Å². The average Bonchev–Trinajstić information content (AvgIpc) is 3.39. The Bertz CT molecular complexity index is 1340. The molecular weight excluding hydrogens is 416 g/mol. The molecule has 1 aromatic heterocycles. The number of hydrogen-bond donors (Lipinski definition) is 1. The fraction of sp³-hybridized carbons (Fsp3) is 0.222. The van der Waals surface area contributed by atoms with Crippen LogP contribution in [0.5, 0.6) is 0 Å². The number of aliphatic hydroxyl groups is 1. The smallest absolute Gasteiger partial charge is 0.300 e. The Morgan fingerprint density at radius 2 is 1.76 bits per heavy atom. The van der Waals surface area contributed by atoms with Gasteiger partial charge in [0, 0.05) is 11.3 Å². The zero-order valence-electron chi connectivity index (χ0n) is 18.2. The number of benzene rings is 2. The third kappa shape index (κ3) is 3.52. The lowest BCUT2D eigenvalue weighted by molar-refractivity contribution is -0.132. The standard InChI is InChI=1S/C27H22N2O4/c1-16-6-13-22(33-16)24-23(25(30)20-10-9-18-4-2-3-5-19(18)14-20)26(31)27(32)29(24)21-11-7-17(15-28)8-12-21/h6-14,24,30H,2-5H2,1H3/b25-23-. The van der Waals surface area contributed by atoms with E-state index in [1.54, 1.807) is 49.4 Å². The fourth-order valence-electron chi connectivity index (χ4n) is 4.70. The number of nitriles is 1.